The summed E-state index contributed by atoms with van der Waals surface area (Å²) >= 11 is 0. The number of imide groups is 1. The lowest BCUT2D eigenvalue weighted by molar-refractivity contribution is -0.153. The molecule has 2 aliphatic rings. The number of carbonyl (C=O) groups is 3. The van der Waals surface area contributed by atoms with E-state index in [9.17, 15) is 14.4 Å². The Morgan fingerprint density at radius 3 is 1.72 bits per heavy atom. The number of fused-ring (bicyclic) bond motifs is 3. The van der Waals surface area contributed by atoms with Crippen molar-refractivity contribution in [2.24, 2.45) is 5.92 Å². The maximum Gasteiger partial charge on any atom is 0.306 e. The summed E-state index contributed by atoms with van der Waals surface area (Å²) in [7, 11) is 0. The summed E-state index contributed by atoms with van der Waals surface area (Å²) in [5, 5.41) is 4.11. The van der Waals surface area contributed by atoms with Gasteiger partial charge in [0.05, 0.1) is 17.2 Å². The number of amides is 2. The van der Waals surface area contributed by atoms with Gasteiger partial charge in [0.25, 0.3) is 11.8 Å². The number of rotatable bonds is 19. The molecule has 5 rings (SSSR count). The largest absolute Gasteiger partial charge is 0.460 e. The quantitative estimate of drug-likeness (QED) is 0.0566. The number of carbonyl (C=O) groups excluding carboxylic acids is 3. The molecule has 1 aliphatic carbocycles. The Morgan fingerprint density at radius 1 is 0.702 bits per heavy atom. The van der Waals surface area contributed by atoms with E-state index in [1.165, 1.54) is 81.9 Å². The summed E-state index contributed by atoms with van der Waals surface area (Å²) < 4.78 is 5.99. The van der Waals surface area contributed by atoms with Crippen LogP contribution >= 0.6 is 0 Å². The lowest BCUT2D eigenvalue weighted by Gasteiger charge is -2.36. The third-order valence-corrected chi connectivity index (χ3v) is 10.8. The van der Waals surface area contributed by atoms with Crippen molar-refractivity contribution in [2.45, 2.75) is 154 Å². The average Bonchev–Trinajstić information content (AvgIpc) is 3.32. The summed E-state index contributed by atoms with van der Waals surface area (Å²) in [6.07, 6.45) is 22.5. The predicted molar refractivity (Wildman–Crippen MR) is 193 cm³/mol. The van der Waals surface area contributed by atoms with Gasteiger partial charge < -0.3 is 4.74 Å². The van der Waals surface area contributed by atoms with Gasteiger partial charge in [-0.25, -0.2) is 0 Å². The molecule has 47 heavy (non-hydrogen) atoms. The minimum atomic E-state index is -0.430. The number of benzene rings is 3. The minimum absolute atomic E-state index is 0.198. The number of esters is 1. The van der Waals surface area contributed by atoms with Crippen LogP contribution in [0.4, 0.5) is 0 Å². The molecule has 254 valence electrons. The molecular weight excluding hydrogens is 582 g/mol. The van der Waals surface area contributed by atoms with Crippen LogP contribution in [-0.2, 0) is 9.53 Å². The van der Waals surface area contributed by atoms with Crippen LogP contribution in [0.5, 0.6) is 0 Å². The molecule has 0 radical (unpaired) electrons. The molecule has 0 unspecified atom stereocenters. The van der Waals surface area contributed by atoms with Crippen molar-refractivity contribution >= 4 is 39.3 Å². The van der Waals surface area contributed by atoms with Gasteiger partial charge in [-0.15, -0.1) is 0 Å². The molecule has 1 saturated carbocycles. The SMILES string of the molecule is CC[C@H](C)CCCCCCCCCCCCCCCC(=O)O[C@@H]1CCCC[C@H]1N1C(=O)c2cc3cc4ccccc4cc3cc2C1=O. The first kappa shape index (κ1) is 35.1. The molecule has 0 spiro atoms. The zero-order valence-electron chi connectivity index (χ0n) is 29.1. The van der Waals surface area contributed by atoms with E-state index in [1.54, 1.807) is 0 Å². The molecule has 5 heteroatoms. The molecule has 0 N–H and O–H groups in total. The first-order valence-electron chi connectivity index (χ1n) is 19.0. The molecule has 2 amide bonds. The van der Waals surface area contributed by atoms with Crippen molar-refractivity contribution in [3.63, 3.8) is 0 Å². The zero-order valence-corrected chi connectivity index (χ0v) is 29.1. The van der Waals surface area contributed by atoms with Crippen LogP contribution in [0.3, 0.4) is 0 Å². The van der Waals surface area contributed by atoms with Crippen LogP contribution in [0.1, 0.15) is 163 Å². The van der Waals surface area contributed by atoms with E-state index in [4.69, 9.17) is 4.74 Å². The van der Waals surface area contributed by atoms with Crippen molar-refractivity contribution < 1.29 is 19.1 Å². The number of ether oxygens (including phenoxy) is 1. The Labute approximate surface area is 282 Å². The average molecular weight is 640 g/mol. The molecule has 3 aromatic carbocycles. The maximum atomic E-state index is 13.7. The van der Waals surface area contributed by atoms with Gasteiger partial charge >= 0.3 is 5.97 Å². The Morgan fingerprint density at radius 2 is 1.19 bits per heavy atom. The van der Waals surface area contributed by atoms with E-state index < -0.39 is 12.1 Å². The van der Waals surface area contributed by atoms with Gasteiger partial charge in [-0.1, -0.05) is 134 Å². The lowest BCUT2D eigenvalue weighted by atomic mass is 9.91. The zero-order chi connectivity index (χ0) is 33.0. The fraction of sp³-hybridized carbons (Fsp3) is 0.595. The molecule has 1 heterocycles. The van der Waals surface area contributed by atoms with E-state index in [0.717, 1.165) is 59.6 Å². The molecule has 0 aromatic heterocycles. The van der Waals surface area contributed by atoms with E-state index in [1.807, 2.05) is 24.3 Å². The first-order chi connectivity index (χ1) is 23.0. The monoisotopic (exact) mass is 639 g/mol. The summed E-state index contributed by atoms with van der Waals surface area (Å²) in [5.74, 6) is 0.166. The second kappa shape index (κ2) is 17.8. The molecule has 1 fully saturated rings. The van der Waals surface area contributed by atoms with Crippen molar-refractivity contribution in [1.82, 2.24) is 4.90 Å². The summed E-state index contributed by atoms with van der Waals surface area (Å²) in [6.45, 7) is 4.66. The topological polar surface area (TPSA) is 63.7 Å². The van der Waals surface area contributed by atoms with Crippen LogP contribution in [0.2, 0.25) is 0 Å². The van der Waals surface area contributed by atoms with E-state index in [0.29, 0.717) is 30.4 Å². The second-order valence-corrected chi connectivity index (χ2v) is 14.5. The van der Waals surface area contributed by atoms with E-state index in [2.05, 4.69) is 38.1 Å². The summed E-state index contributed by atoms with van der Waals surface area (Å²) in [6, 6.07) is 15.6. The molecule has 0 saturated heterocycles. The Bertz CT molecular complexity index is 1420. The van der Waals surface area contributed by atoms with Crippen LogP contribution in [-0.4, -0.2) is 34.8 Å². The minimum Gasteiger partial charge on any atom is -0.460 e. The maximum absolute atomic E-state index is 13.7. The number of hydrogen-bond donors (Lipinski definition) is 0. The third kappa shape index (κ3) is 9.45. The summed E-state index contributed by atoms with van der Waals surface area (Å²) in [5.41, 5.74) is 0.910. The van der Waals surface area contributed by atoms with Crippen LogP contribution in [0.25, 0.3) is 21.5 Å². The number of nitrogens with zero attached hydrogens (tertiary/aromatic N) is 1. The Kier molecular flexibility index (Phi) is 13.3. The second-order valence-electron chi connectivity index (χ2n) is 14.5. The van der Waals surface area contributed by atoms with E-state index >= 15 is 0 Å². The van der Waals surface area contributed by atoms with E-state index in [-0.39, 0.29) is 17.8 Å². The van der Waals surface area contributed by atoms with Gasteiger partial charge in [-0.05, 0) is 77.4 Å². The fourth-order valence-electron chi connectivity index (χ4n) is 7.65. The van der Waals surface area contributed by atoms with Gasteiger partial charge in [-0.3, -0.25) is 19.3 Å². The lowest BCUT2D eigenvalue weighted by Crippen LogP contribution is -2.49. The highest BCUT2D eigenvalue weighted by Crippen LogP contribution is 2.35. The van der Waals surface area contributed by atoms with Crippen molar-refractivity contribution in [3.05, 3.63) is 59.7 Å². The van der Waals surface area contributed by atoms with Crippen molar-refractivity contribution in [2.75, 3.05) is 0 Å². The normalized spacial score (nSPS) is 18.6. The molecule has 5 nitrogen and oxygen atoms in total. The Balaban J connectivity index is 0.996. The highest BCUT2D eigenvalue weighted by Gasteiger charge is 2.45. The predicted octanol–water partition coefficient (Wildman–Crippen LogP) is 11.3. The van der Waals surface area contributed by atoms with Gasteiger partial charge in [0.15, 0.2) is 0 Å². The smallest absolute Gasteiger partial charge is 0.306 e. The van der Waals surface area contributed by atoms with Gasteiger partial charge in [0.2, 0.25) is 0 Å². The van der Waals surface area contributed by atoms with Crippen molar-refractivity contribution in [1.29, 1.82) is 0 Å². The molecule has 3 aromatic rings. The van der Waals surface area contributed by atoms with Gasteiger partial charge in [-0.2, -0.15) is 0 Å². The highest BCUT2D eigenvalue weighted by molar-refractivity contribution is 6.23. The van der Waals surface area contributed by atoms with Gasteiger partial charge in [0.1, 0.15) is 6.10 Å². The highest BCUT2D eigenvalue weighted by atomic mass is 16.5. The molecule has 3 atom stereocenters. The molecular formula is C42H57NO4. The Hall–Kier alpha value is -3.21. The standard InChI is InChI=1S/C42H57NO4/c1-3-31(2)21-15-13-11-9-7-5-4-6-8-10-12-14-16-26-40(44)47-39-25-20-19-24-38(39)43-41(45)36-29-34-27-32-22-17-18-23-33(32)28-35(34)30-37(36)42(43)46/h17-18,22-23,27-31,38-39H,3-16,19-21,24-26H2,1-2H3/t31-,38+,39+/m0/s1. The summed E-state index contributed by atoms with van der Waals surface area (Å²) in [4.78, 5) is 41.6. The first-order valence-corrected chi connectivity index (χ1v) is 19.0. The number of hydrogen-bond acceptors (Lipinski definition) is 4. The molecule has 0 bridgehead atoms. The third-order valence-electron chi connectivity index (χ3n) is 10.8. The fourth-order valence-corrected chi connectivity index (χ4v) is 7.65. The van der Waals surface area contributed by atoms with Gasteiger partial charge in [0, 0.05) is 6.42 Å². The number of unbranched alkanes of at least 4 members (excludes halogenated alkanes) is 12. The van der Waals surface area contributed by atoms with Crippen LogP contribution < -0.4 is 0 Å². The van der Waals surface area contributed by atoms with Crippen LogP contribution in [0.15, 0.2) is 48.5 Å². The van der Waals surface area contributed by atoms with Crippen LogP contribution in [0, 0.1) is 5.92 Å². The molecule has 1 aliphatic heterocycles. The van der Waals surface area contributed by atoms with Crippen molar-refractivity contribution in [3.8, 4) is 0 Å².